The molecule has 0 N–H and O–H groups in total. The van der Waals surface area contributed by atoms with Gasteiger partial charge in [0.05, 0.1) is 20.4 Å². The van der Waals surface area contributed by atoms with Crippen molar-refractivity contribution in [3.05, 3.63) is 103 Å². The topological polar surface area (TPSA) is 36.9 Å². The molecule has 0 bridgehead atoms. The monoisotopic (exact) mass is 485 g/mol. The van der Waals surface area contributed by atoms with Gasteiger partial charge in [0.15, 0.2) is 11.5 Å². The van der Waals surface area contributed by atoms with Crippen molar-refractivity contribution in [2.24, 2.45) is 0 Å². The lowest BCUT2D eigenvalue weighted by atomic mass is 10.1. The highest BCUT2D eigenvalue weighted by atomic mass is 31.2. The number of aryl methyl sites for hydroxylation is 1. The van der Waals surface area contributed by atoms with E-state index in [0.717, 1.165) is 30.3 Å². The first kappa shape index (κ1) is 23.3. The van der Waals surface area contributed by atoms with Crippen LogP contribution < -0.4 is 34.9 Å². The first-order chi connectivity index (χ1) is 17.3. The second-order valence-corrected chi connectivity index (χ2v) is 12.1. The van der Waals surface area contributed by atoms with Crippen LogP contribution in [0.2, 0.25) is 0 Å². The van der Waals surface area contributed by atoms with Gasteiger partial charge in [-0.05, 0) is 55.3 Å². The smallest absolute Gasteiger partial charge is 0.231 e. The minimum absolute atomic E-state index is 0.197. The lowest BCUT2D eigenvalue weighted by Crippen LogP contribution is -2.33. The Kier molecular flexibility index (Phi) is 6.92. The van der Waals surface area contributed by atoms with E-state index in [4.69, 9.17) is 18.9 Å². The average Bonchev–Trinajstić information content (AvgIpc) is 3.40. The summed E-state index contributed by atoms with van der Waals surface area (Å²) in [5, 5.41) is 4.19. The Morgan fingerprint density at radius 1 is 0.686 bits per heavy atom. The molecule has 1 aliphatic heterocycles. The number of methoxy groups -OCH3 is 2. The number of hydrogen-bond acceptors (Lipinski definition) is 4. The molecule has 1 aliphatic rings. The van der Waals surface area contributed by atoms with Gasteiger partial charge in [0.2, 0.25) is 18.3 Å². The summed E-state index contributed by atoms with van der Waals surface area (Å²) < 4.78 is 22.7. The Bertz CT molecular complexity index is 1160. The lowest BCUT2D eigenvalue weighted by Gasteiger charge is -2.28. The highest BCUT2D eigenvalue weighted by Gasteiger charge is 2.44. The zero-order valence-corrected chi connectivity index (χ0v) is 21.0. The van der Waals surface area contributed by atoms with E-state index in [1.54, 1.807) is 14.2 Å². The third-order valence-corrected chi connectivity index (χ3v) is 11.1. The Hall–Kier alpha value is -3.49. The van der Waals surface area contributed by atoms with Crippen LogP contribution in [0.15, 0.2) is 97.1 Å². The molecule has 0 saturated carbocycles. The van der Waals surface area contributed by atoms with Gasteiger partial charge in [0.1, 0.15) is 23.2 Å². The van der Waals surface area contributed by atoms with Gasteiger partial charge in [-0.25, -0.2) is 0 Å². The maximum Gasteiger partial charge on any atom is 0.231 e. The molecule has 0 unspecified atom stereocenters. The number of benzene rings is 4. The van der Waals surface area contributed by atoms with Crippen LogP contribution in [-0.4, -0.2) is 27.2 Å². The van der Waals surface area contributed by atoms with E-state index in [9.17, 15) is 0 Å². The zero-order valence-electron chi connectivity index (χ0n) is 20.1. The fourth-order valence-electron chi connectivity index (χ4n) is 5.03. The normalized spacial score (nSPS) is 12.4. The van der Waals surface area contributed by atoms with Crippen molar-refractivity contribution in [2.45, 2.75) is 12.8 Å². The Labute approximate surface area is 207 Å². The van der Waals surface area contributed by atoms with Gasteiger partial charge in [-0.3, -0.25) is 0 Å². The van der Waals surface area contributed by atoms with Crippen LogP contribution in [0.25, 0.3) is 0 Å². The molecule has 4 aromatic carbocycles. The average molecular weight is 486 g/mol. The Morgan fingerprint density at radius 3 is 1.69 bits per heavy atom. The predicted octanol–water partition coefficient (Wildman–Crippen LogP) is 5.36. The maximum atomic E-state index is 5.78. The van der Waals surface area contributed by atoms with E-state index < -0.39 is 7.26 Å². The van der Waals surface area contributed by atoms with E-state index in [1.807, 2.05) is 6.07 Å². The van der Waals surface area contributed by atoms with Crippen molar-refractivity contribution in [3.63, 3.8) is 0 Å². The zero-order chi connectivity index (χ0) is 24.1. The quantitative estimate of drug-likeness (QED) is 0.299. The van der Waals surface area contributed by atoms with Gasteiger partial charge in [-0.15, -0.1) is 0 Å². The molecular weight excluding hydrogens is 455 g/mol. The first-order valence-corrected chi connectivity index (χ1v) is 13.8. The number of hydrogen-bond donors (Lipinski definition) is 0. The molecule has 5 rings (SSSR count). The summed E-state index contributed by atoms with van der Waals surface area (Å²) in [4.78, 5) is 0. The number of ether oxygens (including phenoxy) is 4. The van der Waals surface area contributed by atoms with Crippen LogP contribution >= 0.6 is 7.26 Å². The summed E-state index contributed by atoms with van der Waals surface area (Å²) in [6.45, 7) is 0.197. The van der Waals surface area contributed by atoms with Gasteiger partial charge < -0.3 is 18.9 Å². The largest absolute Gasteiger partial charge is 0.492 e. The third kappa shape index (κ3) is 4.35. The van der Waals surface area contributed by atoms with Gasteiger partial charge in [0.25, 0.3) is 0 Å². The highest BCUT2D eigenvalue weighted by Crippen LogP contribution is 2.56. The molecule has 0 spiro atoms. The third-order valence-electron chi connectivity index (χ3n) is 6.59. The van der Waals surface area contributed by atoms with Crippen LogP contribution in [0.5, 0.6) is 23.0 Å². The van der Waals surface area contributed by atoms with Crippen LogP contribution in [0.3, 0.4) is 0 Å². The van der Waals surface area contributed by atoms with E-state index in [-0.39, 0.29) is 6.79 Å². The van der Waals surface area contributed by atoms with Crippen molar-refractivity contribution >= 4 is 23.2 Å². The molecular formula is C30H30O4P+. The van der Waals surface area contributed by atoms with Gasteiger partial charge in [-0.1, -0.05) is 54.6 Å². The van der Waals surface area contributed by atoms with Crippen molar-refractivity contribution in [2.75, 3.05) is 27.2 Å². The number of rotatable bonds is 9. The fraction of sp³-hybridized carbons (Fsp3) is 0.200. The van der Waals surface area contributed by atoms with Crippen molar-refractivity contribution in [1.82, 2.24) is 0 Å². The van der Waals surface area contributed by atoms with Gasteiger partial charge in [0, 0.05) is 5.56 Å². The summed E-state index contributed by atoms with van der Waals surface area (Å²) in [5.74, 6) is 2.66. The molecule has 4 aromatic rings. The molecule has 0 amide bonds. The summed E-state index contributed by atoms with van der Waals surface area (Å²) >= 11 is 0. The first-order valence-electron chi connectivity index (χ1n) is 11.9. The minimum Gasteiger partial charge on any atom is -0.492 e. The molecule has 0 saturated heterocycles. The molecule has 4 nitrogen and oxygen atoms in total. The number of fused-ring (bicyclic) bond motifs is 1. The molecule has 0 aliphatic carbocycles. The van der Waals surface area contributed by atoms with Gasteiger partial charge in [-0.2, -0.15) is 0 Å². The van der Waals surface area contributed by atoms with Gasteiger partial charge >= 0.3 is 0 Å². The standard InChI is InChI=1S/C30H30O4P/c1-31-28-23(21-27-29(30(28)32-2)34-22-33-27)13-12-20-35(24-14-6-3-7-15-24,25-16-8-4-9-17-25)26-18-10-5-11-19-26/h3-11,14-19,21H,12-13,20,22H2,1-2H3/q+1. The summed E-state index contributed by atoms with van der Waals surface area (Å²) in [7, 11) is 1.44. The van der Waals surface area contributed by atoms with E-state index in [0.29, 0.717) is 17.2 Å². The summed E-state index contributed by atoms with van der Waals surface area (Å²) in [5.41, 5.74) is 1.07. The van der Waals surface area contributed by atoms with E-state index in [2.05, 4.69) is 91.0 Å². The minimum atomic E-state index is -1.88. The van der Waals surface area contributed by atoms with Crippen LogP contribution in [0, 0.1) is 0 Å². The van der Waals surface area contributed by atoms with E-state index in [1.165, 1.54) is 15.9 Å². The molecule has 35 heavy (non-hydrogen) atoms. The molecule has 0 aromatic heterocycles. The fourth-order valence-corrected chi connectivity index (χ4v) is 9.37. The molecule has 0 fully saturated rings. The molecule has 5 heteroatoms. The van der Waals surface area contributed by atoms with Crippen LogP contribution in [-0.2, 0) is 6.42 Å². The van der Waals surface area contributed by atoms with Crippen molar-refractivity contribution in [1.29, 1.82) is 0 Å². The van der Waals surface area contributed by atoms with Crippen LogP contribution in [0.4, 0.5) is 0 Å². The van der Waals surface area contributed by atoms with Crippen molar-refractivity contribution in [3.8, 4) is 23.0 Å². The molecule has 0 atom stereocenters. The lowest BCUT2D eigenvalue weighted by molar-refractivity contribution is 0.170. The maximum absolute atomic E-state index is 5.78. The Balaban J connectivity index is 1.55. The second kappa shape index (κ2) is 10.4. The van der Waals surface area contributed by atoms with E-state index >= 15 is 0 Å². The highest BCUT2D eigenvalue weighted by molar-refractivity contribution is 7.95. The second-order valence-electron chi connectivity index (χ2n) is 8.48. The molecule has 1 heterocycles. The molecule has 178 valence electrons. The molecule has 0 radical (unpaired) electrons. The SMILES string of the molecule is COc1c(CCC[P+](c2ccccc2)(c2ccccc2)c2ccccc2)cc2c(c1OC)OCO2. The van der Waals surface area contributed by atoms with Crippen LogP contribution in [0.1, 0.15) is 12.0 Å². The summed E-state index contributed by atoms with van der Waals surface area (Å²) in [6.07, 6.45) is 2.85. The Morgan fingerprint density at radius 2 is 1.20 bits per heavy atom. The predicted molar refractivity (Wildman–Crippen MR) is 144 cm³/mol. The summed E-state index contributed by atoms with van der Waals surface area (Å²) in [6, 6.07) is 35.0. The van der Waals surface area contributed by atoms with Crippen molar-refractivity contribution < 1.29 is 18.9 Å².